The number of benzene rings is 1. The van der Waals surface area contributed by atoms with Gasteiger partial charge in [-0.05, 0) is 25.0 Å². The second kappa shape index (κ2) is 15.1. The van der Waals surface area contributed by atoms with Crippen LogP contribution < -0.4 is 16.4 Å². The highest BCUT2D eigenvalue weighted by Crippen LogP contribution is 2.31. The van der Waals surface area contributed by atoms with Gasteiger partial charge in [0.2, 0.25) is 18.2 Å². The van der Waals surface area contributed by atoms with Crippen LogP contribution in [0.2, 0.25) is 0 Å². The Balaban J connectivity index is 0.000000273. The fourth-order valence-corrected chi connectivity index (χ4v) is 3.55. The number of nitrogens with two attached hydrogens (primary N) is 1. The monoisotopic (exact) mass is 478 g/mol. The summed E-state index contributed by atoms with van der Waals surface area (Å²) < 4.78 is 15.6. The summed E-state index contributed by atoms with van der Waals surface area (Å²) in [4.78, 5) is 47.6. The molecule has 4 amide bonds. The maximum absolute atomic E-state index is 12.4. The molecule has 34 heavy (non-hydrogen) atoms. The lowest BCUT2D eigenvalue weighted by molar-refractivity contribution is -0.136. The molecule has 1 saturated heterocycles. The van der Waals surface area contributed by atoms with Gasteiger partial charge in [0.1, 0.15) is 6.04 Å². The molecule has 2 aliphatic rings. The number of rotatable bonds is 13. The highest BCUT2D eigenvalue weighted by atomic mass is 16.5. The van der Waals surface area contributed by atoms with E-state index in [0.29, 0.717) is 69.2 Å². The zero-order valence-corrected chi connectivity index (χ0v) is 19.5. The van der Waals surface area contributed by atoms with Crippen molar-refractivity contribution in [3.05, 3.63) is 29.3 Å². The number of nitrogens with one attached hydrogen (secondary N) is 2. The number of hydrogen-bond acceptors (Lipinski definition) is 8. The highest BCUT2D eigenvalue weighted by molar-refractivity contribution is 6.06. The fourth-order valence-electron chi connectivity index (χ4n) is 3.55. The average Bonchev–Trinajstić information content (AvgIpc) is 3.16. The summed E-state index contributed by atoms with van der Waals surface area (Å²) in [5, 5.41) is 4.81. The molecule has 11 nitrogen and oxygen atoms in total. The van der Waals surface area contributed by atoms with Crippen molar-refractivity contribution in [2.45, 2.75) is 38.8 Å². The molecule has 1 atom stereocenters. The molecule has 1 unspecified atom stereocenters. The summed E-state index contributed by atoms with van der Waals surface area (Å²) in [5.74, 6) is -1.02. The van der Waals surface area contributed by atoms with Gasteiger partial charge in [-0.1, -0.05) is 13.0 Å². The standard InChI is InChI=1S/C14H13N3O4.C9H21NO3/c18-7-15-10-3-1-2-8-9(10)6-17(14(8)21)11-4-5-12(19)16-13(11)20;1-2-4-11-6-8-13-9-7-12-5-3-10/h1-3,7,11H,4-6H2,(H,15,18)(H,16,19,20);2-10H2,1H3. The first-order valence-corrected chi connectivity index (χ1v) is 11.4. The molecule has 0 bridgehead atoms. The third-order valence-corrected chi connectivity index (χ3v) is 5.15. The number of carbonyl (C=O) groups excluding carboxylic acids is 4. The number of fused-ring (bicyclic) bond motifs is 1. The zero-order valence-electron chi connectivity index (χ0n) is 19.5. The van der Waals surface area contributed by atoms with Crippen LogP contribution in [0.4, 0.5) is 5.69 Å². The van der Waals surface area contributed by atoms with Crippen LogP contribution in [0.5, 0.6) is 0 Å². The Morgan fingerprint density at radius 2 is 1.76 bits per heavy atom. The van der Waals surface area contributed by atoms with Crippen LogP contribution >= 0.6 is 0 Å². The van der Waals surface area contributed by atoms with Gasteiger partial charge in [0.05, 0.1) is 33.0 Å². The lowest BCUT2D eigenvalue weighted by Gasteiger charge is -2.29. The topological polar surface area (TPSA) is 149 Å². The van der Waals surface area contributed by atoms with E-state index in [1.807, 2.05) is 0 Å². The molecule has 1 aromatic rings. The highest BCUT2D eigenvalue weighted by Gasteiger charge is 2.39. The molecule has 0 aliphatic carbocycles. The van der Waals surface area contributed by atoms with Crippen molar-refractivity contribution in [3.8, 4) is 0 Å². The Morgan fingerprint density at radius 3 is 2.38 bits per heavy atom. The lowest BCUT2D eigenvalue weighted by Crippen LogP contribution is -2.52. The second-order valence-electron chi connectivity index (χ2n) is 7.62. The third-order valence-electron chi connectivity index (χ3n) is 5.15. The van der Waals surface area contributed by atoms with Crippen molar-refractivity contribution in [2.24, 2.45) is 5.73 Å². The average molecular weight is 479 g/mol. The molecule has 188 valence electrons. The van der Waals surface area contributed by atoms with Gasteiger partial charge in [-0.3, -0.25) is 24.5 Å². The van der Waals surface area contributed by atoms with Crippen LogP contribution in [-0.2, 0) is 35.1 Å². The van der Waals surface area contributed by atoms with Gasteiger partial charge in [-0.15, -0.1) is 0 Å². The van der Waals surface area contributed by atoms with E-state index in [-0.39, 0.29) is 24.8 Å². The van der Waals surface area contributed by atoms with Crippen molar-refractivity contribution < 1.29 is 33.4 Å². The molecule has 0 aromatic heterocycles. The van der Waals surface area contributed by atoms with Gasteiger partial charge in [0, 0.05) is 42.9 Å². The van der Waals surface area contributed by atoms with Crippen LogP contribution in [-0.4, -0.2) is 81.3 Å². The SMILES string of the molecule is CCCOCCOCCOCCN.O=CNc1cccc2c1CN(C1CCC(=O)NC1=O)C2=O. The van der Waals surface area contributed by atoms with Gasteiger partial charge < -0.3 is 30.2 Å². The van der Waals surface area contributed by atoms with Crippen LogP contribution in [0.3, 0.4) is 0 Å². The fraction of sp³-hybridized carbons (Fsp3) is 0.565. The van der Waals surface area contributed by atoms with Gasteiger partial charge in [-0.25, -0.2) is 0 Å². The first-order valence-electron chi connectivity index (χ1n) is 11.4. The zero-order chi connectivity index (χ0) is 24.8. The quantitative estimate of drug-likeness (QED) is 0.210. The van der Waals surface area contributed by atoms with E-state index in [1.54, 1.807) is 18.2 Å². The molecule has 2 heterocycles. The molecule has 0 saturated carbocycles. The predicted molar refractivity (Wildman–Crippen MR) is 124 cm³/mol. The molecule has 2 aliphatic heterocycles. The summed E-state index contributed by atoms with van der Waals surface area (Å²) in [6.45, 7) is 6.87. The number of carbonyl (C=O) groups is 4. The minimum Gasteiger partial charge on any atom is -0.379 e. The van der Waals surface area contributed by atoms with Gasteiger partial charge in [0.25, 0.3) is 5.91 Å². The third kappa shape index (κ3) is 8.17. The minimum atomic E-state index is -0.647. The molecule has 3 rings (SSSR count). The van der Waals surface area contributed by atoms with Crippen molar-refractivity contribution >= 4 is 29.8 Å². The first-order chi connectivity index (χ1) is 16.5. The Labute approximate surface area is 199 Å². The largest absolute Gasteiger partial charge is 0.379 e. The minimum absolute atomic E-state index is 0.218. The lowest BCUT2D eigenvalue weighted by atomic mass is 10.0. The Hall–Kier alpha value is -2.86. The molecule has 11 heteroatoms. The first kappa shape index (κ1) is 27.4. The van der Waals surface area contributed by atoms with Crippen molar-refractivity contribution in [1.82, 2.24) is 10.2 Å². The Morgan fingerprint density at radius 1 is 1.09 bits per heavy atom. The van der Waals surface area contributed by atoms with E-state index in [2.05, 4.69) is 17.6 Å². The number of anilines is 1. The summed E-state index contributed by atoms with van der Waals surface area (Å²) >= 11 is 0. The van der Waals surface area contributed by atoms with Crippen LogP contribution in [0.25, 0.3) is 0 Å². The summed E-state index contributed by atoms with van der Waals surface area (Å²) in [5.41, 5.74) is 6.97. The Kier molecular flexibility index (Phi) is 12.2. The van der Waals surface area contributed by atoms with E-state index in [0.717, 1.165) is 13.0 Å². The number of nitrogens with zero attached hydrogens (tertiary/aromatic N) is 1. The van der Waals surface area contributed by atoms with E-state index in [4.69, 9.17) is 19.9 Å². The van der Waals surface area contributed by atoms with Crippen LogP contribution in [0.1, 0.15) is 42.1 Å². The number of piperidine rings is 1. The molecular weight excluding hydrogens is 444 g/mol. The summed E-state index contributed by atoms with van der Waals surface area (Å²) in [7, 11) is 0. The number of imide groups is 1. The van der Waals surface area contributed by atoms with Gasteiger partial charge in [0.15, 0.2) is 0 Å². The van der Waals surface area contributed by atoms with E-state index in [1.165, 1.54) is 4.90 Å². The molecule has 4 N–H and O–H groups in total. The van der Waals surface area contributed by atoms with Crippen molar-refractivity contribution in [2.75, 3.05) is 51.5 Å². The molecule has 1 aromatic carbocycles. The van der Waals surface area contributed by atoms with Crippen LogP contribution in [0.15, 0.2) is 18.2 Å². The van der Waals surface area contributed by atoms with E-state index < -0.39 is 11.9 Å². The molecule has 0 radical (unpaired) electrons. The van der Waals surface area contributed by atoms with Gasteiger partial charge in [-0.2, -0.15) is 0 Å². The maximum atomic E-state index is 12.4. The number of amides is 4. The van der Waals surface area contributed by atoms with E-state index in [9.17, 15) is 19.2 Å². The number of ether oxygens (including phenoxy) is 3. The molecule has 0 spiro atoms. The smallest absolute Gasteiger partial charge is 0.255 e. The summed E-state index contributed by atoms with van der Waals surface area (Å²) in [6.07, 6.45) is 2.14. The van der Waals surface area contributed by atoms with Gasteiger partial charge >= 0.3 is 0 Å². The predicted octanol–water partition coefficient (Wildman–Crippen LogP) is 0.421. The second-order valence-corrected chi connectivity index (χ2v) is 7.62. The van der Waals surface area contributed by atoms with Crippen molar-refractivity contribution in [1.29, 1.82) is 0 Å². The summed E-state index contributed by atoms with van der Waals surface area (Å²) in [6, 6.07) is 4.40. The Bertz CT molecular complexity index is 824. The maximum Gasteiger partial charge on any atom is 0.255 e. The normalized spacial score (nSPS) is 17.1. The van der Waals surface area contributed by atoms with Crippen molar-refractivity contribution in [3.63, 3.8) is 0 Å². The molecular formula is C23H34N4O7. The number of hydrogen-bond donors (Lipinski definition) is 3. The van der Waals surface area contributed by atoms with Crippen LogP contribution in [0, 0.1) is 0 Å². The van der Waals surface area contributed by atoms with E-state index >= 15 is 0 Å². The molecule has 1 fully saturated rings.